The first-order valence-corrected chi connectivity index (χ1v) is 5.71. The average Bonchev–Trinajstić information content (AvgIpc) is 3.11. The second kappa shape index (κ2) is 5.66. The van der Waals surface area contributed by atoms with Gasteiger partial charge in [-0.25, -0.2) is 4.79 Å². The number of nitrogens with one attached hydrogen (secondary N) is 2. The van der Waals surface area contributed by atoms with Gasteiger partial charge in [0, 0.05) is 12.6 Å². The second-order valence-electron chi connectivity index (χ2n) is 4.12. The molecular formula is C12H14F2N2O2. The summed E-state index contributed by atoms with van der Waals surface area (Å²) in [5.74, 6) is 0.108. The Balaban J connectivity index is 1.76. The second-order valence-corrected chi connectivity index (χ2v) is 4.12. The molecule has 0 saturated heterocycles. The molecule has 2 rings (SSSR count). The van der Waals surface area contributed by atoms with Crippen molar-refractivity contribution in [1.29, 1.82) is 0 Å². The van der Waals surface area contributed by atoms with E-state index in [9.17, 15) is 13.6 Å². The minimum atomic E-state index is -2.82. The van der Waals surface area contributed by atoms with E-state index >= 15 is 0 Å². The highest BCUT2D eigenvalue weighted by Crippen LogP contribution is 2.18. The van der Waals surface area contributed by atoms with Crippen molar-refractivity contribution in [3.8, 4) is 5.75 Å². The van der Waals surface area contributed by atoms with E-state index in [0.29, 0.717) is 12.6 Å². The van der Waals surface area contributed by atoms with Crippen LogP contribution in [0.3, 0.4) is 0 Å². The number of ether oxygens (including phenoxy) is 1. The van der Waals surface area contributed by atoms with Gasteiger partial charge in [-0.05, 0) is 30.5 Å². The van der Waals surface area contributed by atoms with E-state index in [1.807, 2.05) is 0 Å². The number of benzene rings is 1. The Labute approximate surface area is 103 Å². The van der Waals surface area contributed by atoms with Crippen LogP contribution in [0.15, 0.2) is 24.3 Å². The van der Waals surface area contributed by atoms with Gasteiger partial charge in [0.05, 0.1) is 0 Å². The zero-order valence-electron chi connectivity index (χ0n) is 9.66. The van der Waals surface area contributed by atoms with Crippen LogP contribution in [-0.2, 0) is 6.54 Å². The van der Waals surface area contributed by atoms with Crippen molar-refractivity contribution in [2.45, 2.75) is 32.0 Å². The molecule has 18 heavy (non-hydrogen) atoms. The smallest absolute Gasteiger partial charge is 0.387 e. The number of halogens is 2. The Morgan fingerprint density at radius 1 is 1.33 bits per heavy atom. The first-order chi connectivity index (χ1) is 8.63. The first kappa shape index (κ1) is 12.6. The van der Waals surface area contributed by atoms with E-state index in [4.69, 9.17) is 0 Å². The Morgan fingerprint density at radius 3 is 2.56 bits per heavy atom. The summed E-state index contributed by atoms with van der Waals surface area (Å²) >= 11 is 0. The molecule has 1 saturated carbocycles. The van der Waals surface area contributed by atoms with Crippen LogP contribution in [0.5, 0.6) is 5.75 Å². The van der Waals surface area contributed by atoms with Crippen molar-refractivity contribution >= 4 is 6.03 Å². The minimum absolute atomic E-state index is 0.108. The molecular weight excluding hydrogens is 242 g/mol. The van der Waals surface area contributed by atoms with Gasteiger partial charge >= 0.3 is 12.6 Å². The number of hydrogen-bond donors (Lipinski definition) is 2. The fourth-order valence-electron chi connectivity index (χ4n) is 1.44. The van der Waals surface area contributed by atoms with Crippen LogP contribution in [0, 0.1) is 0 Å². The maximum Gasteiger partial charge on any atom is 0.387 e. The molecule has 1 aliphatic rings. The fraction of sp³-hybridized carbons (Fsp3) is 0.417. The van der Waals surface area contributed by atoms with Gasteiger partial charge in [0.2, 0.25) is 0 Å². The van der Waals surface area contributed by atoms with Crippen molar-refractivity contribution in [2.24, 2.45) is 0 Å². The van der Waals surface area contributed by atoms with E-state index in [1.165, 1.54) is 12.1 Å². The molecule has 0 unspecified atom stereocenters. The van der Waals surface area contributed by atoms with E-state index in [-0.39, 0.29) is 11.8 Å². The molecule has 4 nitrogen and oxygen atoms in total. The predicted octanol–water partition coefficient (Wildman–Crippen LogP) is 2.25. The van der Waals surface area contributed by atoms with Crippen LogP contribution in [0.4, 0.5) is 13.6 Å². The lowest BCUT2D eigenvalue weighted by Crippen LogP contribution is -2.36. The van der Waals surface area contributed by atoms with Crippen molar-refractivity contribution in [3.63, 3.8) is 0 Å². The average molecular weight is 256 g/mol. The van der Waals surface area contributed by atoms with Crippen molar-refractivity contribution < 1.29 is 18.3 Å². The lowest BCUT2D eigenvalue weighted by Gasteiger charge is -2.08. The van der Waals surface area contributed by atoms with Gasteiger partial charge < -0.3 is 15.4 Å². The minimum Gasteiger partial charge on any atom is -0.435 e. The fourth-order valence-corrected chi connectivity index (χ4v) is 1.44. The molecule has 98 valence electrons. The Kier molecular flexibility index (Phi) is 3.96. The highest BCUT2D eigenvalue weighted by molar-refractivity contribution is 5.74. The molecule has 0 radical (unpaired) electrons. The number of carbonyl (C=O) groups is 1. The summed E-state index contributed by atoms with van der Waals surface area (Å²) in [7, 11) is 0. The third kappa shape index (κ3) is 4.20. The van der Waals surface area contributed by atoms with Gasteiger partial charge in [-0.15, -0.1) is 0 Å². The maximum absolute atomic E-state index is 11.9. The van der Waals surface area contributed by atoms with E-state index in [0.717, 1.165) is 18.4 Å². The number of hydrogen-bond acceptors (Lipinski definition) is 2. The molecule has 2 N–H and O–H groups in total. The Hall–Kier alpha value is -1.85. The molecule has 6 heteroatoms. The standard InChI is InChI=1S/C12H14F2N2O2/c13-11(14)18-10-5-1-8(2-6-10)7-15-12(17)16-9-3-4-9/h1-2,5-6,9,11H,3-4,7H2,(H2,15,16,17). The van der Waals surface area contributed by atoms with Crippen molar-refractivity contribution in [3.05, 3.63) is 29.8 Å². The number of amides is 2. The largest absolute Gasteiger partial charge is 0.435 e. The van der Waals surface area contributed by atoms with Crippen LogP contribution >= 0.6 is 0 Å². The number of alkyl halides is 2. The summed E-state index contributed by atoms with van der Waals surface area (Å²) in [5.41, 5.74) is 0.822. The van der Waals surface area contributed by atoms with Crippen LogP contribution in [0.2, 0.25) is 0 Å². The van der Waals surface area contributed by atoms with Crippen LogP contribution < -0.4 is 15.4 Å². The summed E-state index contributed by atoms with van der Waals surface area (Å²) in [5, 5.41) is 5.48. The third-order valence-corrected chi connectivity index (χ3v) is 2.51. The maximum atomic E-state index is 11.9. The van der Waals surface area contributed by atoms with Gasteiger partial charge in [0.25, 0.3) is 0 Å². The molecule has 1 aromatic rings. The summed E-state index contributed by atoms with van der Waals surface area (Å²) < 4.78 is 28.1. The Morgan fingerprint density at radius 2 is 2.00 bits per heavy atom. The van der Waals surface area contributed by atoms with Crippen LogP contribution in [0.1, 0.15) is 18.4 Å². The topological polar surface area (TPSA) is 50.4 Å². The van der Waals surface area contributed by atoms with Gasteiger partial charge in [-0.2, -0.15) is 8.78 Å². The summed E-state index contributed by atoms with van der Waals surface area (Å²) in [6.45, 7) is -2.47. The van der Waals surface area contributed by atoms with Crippen molar-refractivity contribution in [2.75, 3.05) is 0 Å². The van der Waals surface area contributed by atoms with E-state index < -0.39 is 6.61 Å². The highest BCUT2D eigenvalue weighted by Gasteiger charge is 2.22. The predicted molar refractivity (Wildman–Crippen MR) is 61.5 cm³/mol. The monoisotopic (exact) mass is 256 g/mol. The van der Waals surface area contributed by atoms with Gasteiger partial charge in [0.15, 0.2) is 0 Å². The molecule has 1 aromatic carbocycles. The zero-order valence-corrected chi connectivity index (χ0v) is 9.66. The summed E-state index contributed by atoms with van der Waals surface area (Å²) in [4.78, 5) is 11.3. The third-order valence-electron chi connectivity index (χ3n) is 2.51. The van der Waals surface area contributed by atoms with Crippen molar-refractivity contribution in [1.82, 2.24) is 10.6 Å². The number of rotatable bonds is 5. The molecule has 0 bridgehead atoms. The molecule has 0 atom stereocenters. The molecule has 0 heterocycles. The van der Waals surface area contributed by atoms with Gasteiger partial charge in [-0.3, -0.25) is 0 Å². The number of carbonyl (C=O) groups excluding carboxylic acids is 1. The molecule has 2 amide bonds. The molecule has 1 fully saturated rings. The van der Waals surface area contributed by atoms with Gasteiger partial charge in [-0.1, -0.05) is 12.1 Å². The first-order valence-electron chi connectivity index (χ1n) is 5.71. The quantitative estimate of drug-likeness (QED) is 0.849. The normalized spacial score (nSPS) is 14.4. The van der Waals surface area contributed by atoms with Crippen LogP contribution in [-0.4, -0.2) is 18.7 Å². The Bertz CT molecular complexity index is 405. The molecule has 0 aromatic heterocycles. The molecule has 1 aliphatic carbocycles. The SMILES string of the molecule is O=C(NCc1ccc(OC(F)F)cc1)NC1CC1. The zero-order chi connectivity index (χ0) is 13.0. The number of urea groups is 1. The summed E-state index contributed by atoms with van der Waals surface area (Å²) in [6, 6.07) is 6.27. The van der Waals surface area contributed by atoms with Gasteiger partial charge in [0.1, 0.15) is 5.75 Å². The molecule has 0 aliphatic heterocycles. The highest BCUT2D eigenvalue weighted by atomic mass is 19.3. The lowest BCUT2D eigenvalue weighted by molar-refractivity contribution is -0.0498. The van der Waals surface area contributed by atoms with Crippen LogP contribution in [0.25, 0.3) is 0 Å². The lowest BCUT2D eigenvalue weighted by atomic mass is 10.2. The summed E-state index contributed by atoms with van der Waals surface area (Å²) in [6.07, 6.45) is 2.07. The molecule has 0 spiro atoms. The van der Waals surface area contributed by atoms with E-state index in [2.05, 4.69) is 15.4 Å². The van der Waals surface area contributed by atoms with E-state index in [1.54, 1.807) is 12.1 Å².